The van der Waals surface area contributed by atoms with Crippen LogP contribution in [0.4, 0.5) is 23.4 Å². The van der Waals surface area contributed by atoms with E-state index in [1.165, 1.54) is 13.8 Å². The molecule has 5 atom stereocenters. The van der Waals surface area contributed by atoms with Crippen molar-refractivity contribution in [2.45, 2.75) is 96.1 Å². The van der Waals surface area contributed by atoms with Crippen molar-refractivity contribution in [1.29, 1.82) is 0 Å². The number of hydrogen-bond donors (Lipinski definition) is 4. The number of carbonyl (C=O) groups excluding carboxylic acids is 2. The zero-order chi connectivity index (χ0) is 31.5. The van der Waals surface area contributed by atoms with Gasteiger partial charge < -0.3 is 29.6 Å². The molecule has 2 heterocycles. The fourth-order valence-electron chi connectivity index (χ4n) is 3.59. The second kappa shape index (κ2) is 13.4. The van der Waals surface area contributed by atoms with Crippen molar-refractivity contribution in [3.05, 3.63) is 22.7 Å². The number of rotatable bonds is 13. The maximum Gasteiger partial charge on any atom is 0.351 e. The van der Waals surface area contributed by atoms with Gasteiger partial charge in [0.2, 0.25) is 6.23 Å². The summed E-state index contributed by atoms with van der Waals surface area (Å²) in [5.41, 5.74) is 0.588. The van der Waals surface area contributed by atoms with Crippen molar-refractivity contribution < 1.29 is 51.0 Å². The summed E-state index contributed by atoms with van der Waals surface area (Å²) >= 11 is 5.45. The minimum atomic E-state index is -4.45. The average molecular weight is 636 g/mol. The summed E-state index contributed by atoms with van der Waals surface area (Å²) < 4.78 is 80.1. The van der Waals surface area contributed by atoms with Gasteiger partial charge in [-0.1, -0.05) is 0 Å². The van der Waals surface area contributed by atoms with Crippen LogP contribution in [-0.4, -0.2) is 81.5 Å². The Morgan fingerprint density at radius 3 is 2.05 bits per heavy atom. The molecule has 0 aromatic carbocycles. The predicted octanol–water partition coefficient (Wildman–Crippen LogP) is 1.45. The lowest BCUT2D eigenvalue weighted by Gasteiger charge is -2.35. The lowest BCUT2D eigenvalue weighted by molar-refractivity contribution is -0.191. The summed E-state index contributed by atoms with van der Waals surface area (Å²) in [5, 5.41) is 15.6. The predicted molar refractivity (Wildman–Crippen MR) is 141 cm³/mol. The molecule has 1 aromatic rings. The zero-order valence-electron chi connectivity index (χ0n) is 23.0. The van der Waals surface area contributed by atoms with E-state index < -0.39 is 85.4 Å². The maximum absolute atomic E-state index is 15.2. The van der Waals surface area contributed by atoms with Crippen molar-refractivity contribution in [2.24, 2.45) is 0 Å². The van der Waals surface area contributed by atoms with Crippen LogP contribution in [0.3, 0.4) is 0 Å². The average Bonchev–Trinajstić information content (AvgIpc) is 3.03. The fraction of sp³-hybridized carbons (Fsp3) is 0.727. The fourth-order valence-corrected chi connectivity index (χ4v) is 6.54. The van der Waals surface area contributed by atoms with E-state index in [1.54, 1.807) is 27.7 Å². The molecule has 41 heavy (non-hydrogen) atoms. The van der Waals surface area contributed by atoms with E-state index >= 15 is 8.78 Å². The maximum atomic E-state index is 15.2. The van der Waals surface area contributed by atoms with E-state index in [0.29, 0.717) is 0 Å². The van der Waals surface area contributed by atoms with Gasteiger partial charge in [0.05, 0.1) is 18.8 Å². The van der Waals surface area contributed by atoms with Crippen LogP contribution in [0.15, 0.2) is 17.1 Å². The number of esters is 2. The third-order valence-electron chi connectivity index (χ3n) is 5.57. The van der Waals surface area contributed by atoms with Crippen molar-refractivity contribution in [2.75, 3.05) is 12.3 Å². The van der Waals surface area contributed by atoms with Crippen LogP contribution >= 0.6 is 6.57 Å². The summed E-state index contributed by atoms with van der Waals surface area (Å²) in [6, 6.07) is -1.50. The molecule has 2 rings (SSSR count). The van der Waals surface area contributed by atoms with Gasteiger partial charge in [0, 0.05) is 6.20 Å². The lowest BCUT2D eigenvalue weighted by Crippen LogP contribution is -2.55. The standard InChI is InChI=1S/C22H34F4N5O8PS/c1-10(2)37-15(32)12(5)29-40(41,30-13(6)16(33)38-11(3)4)36-9-21(18(23)24)17(34)22(25,26)19(39-21)31-8-7-14(27)28-20(31)35/h7-8,10-13,17-19,34H,9H2,1-6H3,(H2,27,28,35)(H2,29,30,41)/t12-,13-,17+,19+,21+/m0/s1. The number of aliphatic hydroxyl groups is 1. The first-order valence-electron chi connectivity index (χ1n) is 12.3. The van der Waals surface area contributed by atoms with Crippen LogP contribution in [-0.2, 0) is 40.1 Å². The Labute approximate surface area is 238 Å². The van der Waals surface area contributed by atoms with Crippen molar-refractivity contribution in [1.82, 2.24) is 19.7 Å². The highest BCUT2D eigenvalue weighted by molar-refractivity contribution is 8.10. The number of nitrogens with one attached hydrogen (secondary N) is 2. The largest absolute Gasteiger partial charge is 0.462 e. The van der Waals surface area contributed by atoms with E-state index in [-0.39, 0.29) is 10.4 Å². The smallest absolute Gasteiger partial charge is 0.351 e. The third-order valence-corrected chi connectivity index (χ3v) is 8.47. The molecule has 0 saturated carbocycles. The van der Waals surface area contributed by atoms with Gasteiger partial charge in [-0.25, -0.2) is 23.7 Å². The number of ether oxygens (including phenoxy) is 3. The Morgan fingerprint density at radius 1 is 1.15 bits per heavy atom. The van der Waals surface area contributed by atoms with Gasteiger partial charge in [-0.2, -0.15) is 13.8 Å². The Hall–Kier alpha value is -2.21. The summed E-state index contributed by atoms with van der Waals surface area (Å²) in [4.78, 5) is 40.3. The van der Waals surface area contributed by atoms with Crippen LogP contribution in [0, 0.1) is 0 Å². The molecule has 0 amide bonds. The molecule has 13 nitrogen and oxygen atoms in total. The van der Waals surface area contributed by atoms with Gasteiger partial charge >= 0.3 is 23.6 Å². The first-order chi connectivity index (χ1) is 18.8. The molecular formula is C22H34F4N5O8PS. The zero-order valence-corrected chi connectivity index (χ0v) is 24.8. The number of nitrogen functional groups attached to an aromatic ring is 1. The van der Waals surface area contributed by atoms with E-state index in [0.717, 1.165) is 12.3 Å². The first kappa shape index (κ1) is 35.0. The van der Waals surface area contributed by atoms with Gasteiger partial charge in [0.15, 0.2) is 18.3 Å². The number of anilines is 1. The molecule has 0 bridgehead atoms. The Bertz CT molecular complexity index is 1170. The van der Waals surface area contributed by atoms with E-state index in [4.69, 9.17) is 36.3 Å². The van der Waals surface area contributed by atoms with Crippen LogP contribution in [0.25, 0.3) is 0 Å². The Morgan fingerprint density at radius 2 is 1.63 bits per heavy atom. The monoisotopic (exact) mass is 635 g/mol. The van der Waals surface area contributed by atoms with E-state index in [2.05, 4.69) is 15.2 Å². The molecule has 0 radical (unpaired) electrons. The number of aliphatic hydroxyl groups excluding tert-OH is 1. The minimum Gasteiger partial charge on any atom is -0.462 e. The molecule has 0 spiro atoms. The van der Waals surface area contributed by atoms with Crippen molar-refractivity contribution in [3.63, 3.8) is 0 Å². The topological polar surface area (TPSA) is 176 Å². The molecule has 0 aliphatic carbocycles. The highest BCUT2D eigenvalue weighted by Crippen LogP contribution is 2.52. The molecule has 1 aliphatic heterocycles. The van der Waals surface area contributed by atoms with Gasteiger partial charge in [0.25, 0.3) is 6.43 Å². The third kappa shape index (κ3) is 8.21. The van der Waals surface area contributed by atoms with Gasteiger partial charge in [0.1, 0.15) is 17.9 Å². The molecular weight excluding hydrogens is 601 g/mol. The number of alkyl halides is 4. The summed E-state index contributed by atoms with van der Waals surface area (Å²) in [6.07, 6.45) is -10.1. The van der Waals surface area contributed by atoms with Gasteiger partial charge in [-0.05, 0) is 59.4 Å². The van der Waals surface area contributed by atoms with Gasteiger partial charge in [-0.15, -0.1) is 0 Å². The summed E-state index contributed by atoms with van der Waals surface area (Å²) in [6.45, 7) is 3.47. The van der Waals surface area contributed by atoms with Crippen LogP contribution < -0.4 is 21.6 Å². The highest BCUT2D eigenvalue weighted by atomic mass is 32.4. The number of halogens is 4. The molecule has 1 saturated heterocycles. The Kier molecular flexibility index (Phi) is 11.4. The molecule has 0 unspecified atom stereocenters. The first-order valence-corrected chi connectivity index (χ1v) is 15.1. The van der Waals surface area contributed by atoms with E-state index in [1.807, 2.05) is 0 Å². The quantitative estimate of drug-likeness (QED) is 0.139. The Balaban J connectivity index is 2.44. The van der Waals surface area contributed by atoms with Crippen molar-refractivity contribution in [3.8, 4) is 0 Å². The number of nitrogens with two attached hydrogens (primary N) is 1. The van der Waals surface area contributed by atoms with Crippen molar-refractivity contribution >= 4 is 36.1 Å². The lowest BCUT2D eigenvalue weighted by atomic mass is 9.96. The molecule has 1 aromatic heterocycles. The molecule has 5 N–H and O–H groups in total. The second-order valence-electron chi connectivity index (χ2n) is 9.84. The van der Waals surface area contributed by atoms with Crippen LogP contribution in [0.2, 0.25) is 0 Å². The van der Waals surface area contributed by atoms with E-state index in [9.17, 15) is 28.3 Å². The van der Waals surface area contributed by atoms with Crippen LogP contribution in [0.1, 0.15) is 47.8 Å². The minimum absolute atomic E-state index is 0.199. The summed E-state index contributed by atoms with van der Waals surface area (Å²) in [7, 11) is 0. The number of carbonyl (C=O) groups is 2. The normalized spacial score (nSPS) is 24.0. The summed E-state index contributed by atoms with van der Waals surface area (Å²) in [5.74, 6) is -6.42. The van der Waals surface area contributed by atoms with Gasteiger partial charge in [-0.3, -0.25) is 14.2 Å². The SMILES string of the molecule is CC(C)OC(=O)[C@H](C)NP(=S)(N[C@@H](C)C(=O)OC(C)C)OC[C@@]1(C(F)F)O[C@@H](n2ccc(N)nc2=O)C(F)(F)[C@@H]1O. The number of nitrogens with zero attached hydrogens (tertiary/aromatic N) is 2. The molecule has 1 aliphatic rings. The van der Waals surface area contributed by atoms with Crippen LogP contribution in [0.5, 0.6) is 0 Å². The molecule has 1 fully saturated rings. The molecule has 19 heteroatoms. The number of aromatic nitrogens is 2. The molecule has 234 valence electrons. The number of hydrogen-bond acceptors (Lipinski definition) is 11. The highest BCUT2D eigenvalue weighted by Gasteiger charge is 2.71. The second-order valence-corrected chi connectivity index (χ2v) is 13.3.